The smallest absolute Gasteiger partial charge is 0.352 e. The Morgan fingerprint density at radius 1 is 1.68 bits per heavy atom. The summed E-state index contributed by atoms with van der Waals surface area (Å²) in [6.07, 6.45) is -1.78. The van der Waals surface area contributed by atoms with Gasteiger partial charge in [-0.1, -0.05) is 0 Å². The van der Waals surface area contributed by atoms with E-state index in [1.54, 1.807) is 0 Å². The zero-order valence-corrected chi connectivity index (χ0v) is 9.67. The van der Waals surface area contributed by atoms with Crippen LogP contribution in [0.5, 0.6) is 0 Å². The molecule has 0 spiro atoms. The lowest BCUT2D eigenvalue weighted by Crippen LogP contribution is -2.28. The van der Waals surface area contributed by atoms with Crippen molar-refractivity contribution in [3.8, 4) is 0 Å². The first-order valence-corrected chi connectivity index (χ1v) is 5.41. The summed E-state index contributed by atoms with van der Waals surface area (Å²) in [4.78, 5) is 24.9. The molecule has 1 aromatic heterocycles. The van der Waals surface area contributed by atoms with Crippen molar-refractivity contribution < 1.29 is 19.9 Å². The van der Waals surface area contributed by atoms with E-state index < -0.39 is 47.2 Å². The number of rotatable bonds is 3. The molecule has 1 saturated heterocycles. The second-order valence-electron chi connectivity index (χ2n) is 4.07. The highest BCUT2D eigenvalue weighted by Crippen LogP contribution is 2.28. The van der Waals surface area contributed by atoms with Gasteiger partial charge in [0.1, 0.15) is 12.3 Å². The Labute approximate surface area is 106 Å². The molecular weight excluding hydrogens is 260 g/mol. The van der Waals surface area contributed by atoms with Crippen LogP contribution in [0.3, 0.4) is 0 Å². The third kappa shape index (κ3) is 2.41. The molecule has 10 nitrogen and oxygen atoms in total. The topological polar surface area (TPSA) is 154 Å². The van der Waals surface area contributed by atoms with Crippen molar-refractivity contribution >= 4 is 11.5 Å². The van der Waals surface area contributed by atoms with Gasteiger partial charge in [0.25, 0.3) is 0 Å². The largest absolute Gasteiger partial charge is 0.394 e. The third-order valence-corrected chi connectivity index (χ3v) is 2.85. The number of anilines is 1. The van der Waals surface area contributed by atoms with Crippen molar-refractivity contribution in [3.05, 3.63) is 26.8 Å². The minimum Gasteiger partial charge on any atom is -0.394 e. The maximum atomic E-state index is 11.6. The highest BCUT2D eigenvalue weighted by atomic mass is 16.6. The quantitative estimate of drug-likeness (QED) is 0.438. The molecule has 104 valence electrons. The first-order valence-electron chi connectivity index (χ1n) is 5.41. The lowest BCUT2D eigenvalue weighted by atomic mass is 10.2. The van der Waals surface area contributed by atoms with E-state index in [0.717, 1.165) is 10.8 Å². The minimum absolute atomic E-state index is 0.0217. The van der Waals surface area contributed by atoms with Gasteiger partial charge in [-0.05, 0) is 0 Å². The van der Waals surface area contributed by atoms with Crippen LogP contribution in [0, 0.1) is 10.1 Å². The number of aliphatic hydroxyl groups excluding tert-OH is 2. The van der Waals surface area contributed by atoms with E-state index in [2.05, 4.69) is 4.98 Å². The lowest BCUT2D eigenvalue weighted by molar-refractivity contribution is -0.384. The number of nitro groups is 1. The SMILES string of the molecule is Nc1nc(=O)n([C@H]2C[C@@H](O)[C@H](CO)O2)cc1[N+](=O)[O-]. The molecule has 4 N–H and O–H groups in total. The Bertz CT molecular complexity index is 558. The fourth-order valence-electron chi connectivity index (χ4n) is 1.87. The molecule has 0 saturated carbocycles. The Morgan fingerprint density at radius 3 is 2.89 bits per heavy atom. The van der Waals surface area contributed by atoms with Gasteiger partial charge < -0.3 is 20.7 Å². The summed E-state index contributed by atoms with van der Waals surface area (Å²) < 4.78 is 6.11. The molecule has 0 unspecified atom stereocenters. The summed E-state index contributed by atoms with van der Waals surface area (Å²) in [5.41, 5.74) is 3.93. The van der Waals surface area contributed by atoms with Gasteiger partial charge in [-0.3, -0.25) is 14.7 Å². The highest BCUT2D eigenvalue weighted by Gasteiger charge is 2.35. The molecule has 0 bridgehead atoms. The number of ether oxygens (including phenoxy) is 1. The molecule has 3 atom stereocenters. The van der Waals surface area contributed by atoms with Gasteiger partial charge in [-0.25, -0.2) is 4.79 Å². The van der Waals surface area contributed by atoms with Crippen molar-refractivity contribution in [2.75, 3.05) is 12.3 Å². The molecule has 2 heterocycles. The number of nitrogens with zero attached hydrogens (tertiary/aromatic N) is 3. The zero-order valence-electron chi connectivity index (χ0n) is 9.67. The first kappa shape index (κ1) is 13.4. The van der Waals surface area contributed by atoms with Gasteiger partial charge in [0.2, 0.25) is 5.82 Å². The van der Waals surface area contributed by atoms with Crippen LogP contribution in [0.25, 0.3) is 0 Å². The van der Waals surface area contributed by atoms with Crippen LogP contribution >= 0.6 is 0 Å². The number of nitrogens with two attached hydrogens (primary N) is 1. The van der Waals surface area contributed by atoms with E-state index in [-0.39, 0.29) is 6.42 Å². The zero-order chi connectivity index (χ0) is 14.2. The second-order valence-corrected chi connectivity index (χ2v) is 4.07. The molecule has 0 aromatic carbocycles. The van der Waals surface area contributed by atoms with Gasteiger partial charge in [0, 0.05) is 6.42 Å². The molecule has 2 rings (SSSR count). The summed E-state index contributed by atoms with van der Waals surface area (Å²) in [5.74, 6) is -0.483. The van der Waals surface area contributed by atoms with Crippen LogP contribution in [0.4, 0.5) is 11.5 Å². The van der Waals surface area contributed by atoms with Crippen LogP contribution in [0.2, 0.25) is 0 Å². The fraction of sp³-hybridized carbons (Fsp3) is 0.556. The Morgan fingerprint density at radius 2 is 2.37 bits per heavy atom. The van der Waals surface area contributed by atoms with E-state index in [1.807, 2.05) is 0 Å². The Balaban J connectivity index is 2.38. The molecule has 19 heavy (non-hydrogen) atoms. The molecule has 0 amide bonds. The van der Waals surface area contributed by atoms with Crippen molar-refractivity contribution in [1.29, 1.82) is 0 Å². The molecule has 10 heteroatoms. The second kappa shape index (κ2) is 4.91. The summed E-state index contributed by atoms with van der Waals surface area (Å²) in [6, 6.07) is 0. The van der Waals surface area contributed by atoms with E-state index in [1.165, 1.54) is 0 Å². The predicted molar refractivity (Wildman–Crippen MR) is 61.2 cm³/mol. The monoisotopic (exact) mass is 272 g/mol. The van der Waals surface area contributed by atoms with Crippen LogP contribution in [-0.4, -0.2) is 43.5 Å². The van der Waals surface area contributed by atoms with Gasteiger partial charge in [-0.15, -0.1) is 0 Å². The van der Waals surface area contributed by atoms with Crippen LogP contribution < -0.4 is 11.4 Å². The number of nitrogen functional groups attached to an aromatic ring is 1. The van der Waals surface area contributed by atoms with Crippen molar-refractivity contribution in [2.45, 2.75) is 24.9 Å². The summed E-state index contributed by atoms with van der Waals surface area (Å²) in [5, 5.41) is 29.2. The van der Waals surface area contributed by atoms with Gasteiger partial charge in [-0.2, -0.15) is 4.98 Å². The van der Waals surface area contributed by atoms with E-state index in [9.17, 15) is 20.0 Å². The average molecular weight is 272 g/mol. The lowest BCUT2D eigenvalue weighted by Gasteiger charge is -2.14. The van der Waals surface area contributed by atoms with Gasteiger partial charge >= 0.3 is 11.4 Å². The Hall–Kier alpha value is -2.04. The maximum absolute atomic E-state index is 11.6. The predicted octanol–water partition coefficient (Wildman–Crippen LogP) is -1.63. The molecule has 1 aliphatic rings. The summed E-state index contributed by atoms with van der Waals surface area (Å²) in [6.45, 7) is -0.420. The van der Waals surface area contributed by atoms with Crippen molar-refractivity contribution in [3.63, 3.8) is 0 Å². The normalized spacial score (nSPS) is 26.5. The first-order chi connectivity index (χ1) is 8.93. The van der Waals surface area contributed by atoms with Crippen molar-refractivity contribution in [2.24, 2.45) is 0 Å². The molecule has 1 fully saturated rings. The average Bonchev–Trinajstić information content (AvgIpc) is 2.69. The molecule has 0 aliphatic carbocycles. The van der Waals surface area contributed by atoms with Crippen molar-refractivity contribution in [1.82, 2.24) is 9.55 Å². The third-order valence-electron chi connectivity index (χ3n) is 2.85. The molecule has 1 aromatic rings. The van der Waals surface area contributed by atoms with Crippen LogP contribution in [0.1, 0.15) is 12.6 Å². The van der Waals surface area contributed by atoms with Crippen LogP contribution in [-0.2, 0) is 4.74 Å². The van der Waals surface area contributed by atoms with Gasteiger partial charge in [0.15, 0.2) is 0 Å². The fourth-order valence-corrected chi connectivity index (χ4v) is 1.87. The highest BCUT2D eigenvalue weighted by molar-refractivity contribution is 5.49. The van der Waals surface area contributed by atoms with E-state index in [0.29, 0.717) is 0 Å². The van der Waals surface area contributed by atoms with Crippen LogP contribution in [0.15, 0.2) is 11.0 Å². The number of aromatic nitrogens is 2. The molecular formula is C9H12N4O6. The number of hydrogen-bond donors (Lipinski definition) is 3. The summed E-state index contributed by atoms with van der Waals surface area (Å²) in [7, 11) is 0. The van der Waals surface area contributed by atoms with E-state index >= 15 is 0 Å². The number of hydrogen-bond acceptors (Lipinski definition) is 8. The maximum Gasteiger partial charge on any atom is 0.352 e. The molecule has 1 aliphatic heterocycles. The van der Waals surface area contributed by atoms with Gasteiger partial charge in [0.05, 0.1) is 23.8 Å². The van der Waals surface area contributed by atoms with E-state index in [4.69, 9.17) is 15.6 Å². The number of aliphatic hydroxyl groups is 2. The summed E-state index contributed by atoms with van der Waals surface area (Å²) >= 11 is 0. The molecule has 0 radical (unpaired) electrons. The standard InChI is InChI=1S/C9H12N4O6/c10-8-4(13(17)18)2-12(9(16)11-8)7-1-5(15)6(3-14)19-7/h2,5-7,14-15H,1,3H2,(H2,10,11,16)/t5-,6+,7-/m1/s1. The Kier molecular flexibility index (Phi) is 3.46. The minimum atomic E-state index is -0.960.